The zero-order chi connectivity index (χ0) is 11.8. The van der Waals surface area contributed by atoms with Crippen LogP contribution in [0.5, 0.6) is 0 Å². The van der Waals surface area contributed by atoms with Crippen LogP contribution in [0.2, 0.25) is 0 Å². The molecule has 1 amide bonds. The SMILES string of the molecule is O=C(COCCO)NCc1ccccc1F. The van der Waals surface area contributed by atoms with Gasteiger partial charge in [0.05, 0.1) is 13.2 Å². The zero-order valence-corrected chi connectivity index (χ0v) is 8.78. The minimum absolute atomic E-state index is 0.118. The number of aliphatic hydroxyl groups is 1. The van der Waals surface area contributed by atoms with Crippen molar-refractivity contribution >= 4 is 5.91 Å². The Labute approximate surface area is 93.0 Å². The number of nitrogens with one attached hydrogen (secondary N) is 1. The summed E-state index contributed by atoms with van der Waals surface area (Å²) in [6, 6.07) is 6.23. The molecule has 2 N–H and O–H groups in total. The lowest BCUT2D eigenvalue weighted by atomic mass is 10.2. The van der Waals surface area contributed by atoms with Gasteiger partial charge in [0.1, 0.15) is 12.4 Å². The first kappa shape index (κ1) is 12.6. The maximum absolute atomic E-state index is 13.1. The van der Waals surface area contributed by atoms with Gasteiger partial charge in [-0.2, -0.15) is 0 Å². The molecule has 0 aromatic heterocycles. The Balaban J connectivity index is 2.29. The molecule has 0 spiro atoms. The monoisotopic (exact) mass is 227 g/mol. The number of benzene rings is 1. The average molecular weight is 227 g/mol. The van der Waals surface area contributed by atoms with Gasteiger partial charge >= 0.3 is 0 Å². The molecule has 1 aromatic carbocycles. The van der Waals surface area contributed by atoms with Gasteiger partial charge in [0.2, 0.25) is 5.91 Å². The molecule has 0 saturated heterocycles. The van der Waals surface area contributed by atoms with Gasteiger partial charge in [-0.3, -0.25) is 4.79 Å². The van der Waals surface area contributed by atoms with Crippen molar-refractivity contribution in [3.05, 3.63) is 35.6 Å². The van der Waals surface area contributed by atoms with Gasteiger partial charge in [0, 0.05) is 12.1 Å². The summed E-state index contributed by atoms with van der Waals surface area (Å²) in [4.78, 5) is 11.2. The molecule has 0 bridgehead atoms. The summed E-state index contributed by atoms with van der Waals surface area (Å²) < 4.78 is 17.9. The van der Waals surface area contributed by atoms with Crippen molar-refractivity contribution in [1.29, 1.82) is 0 Å². The van der Waals surface area contributed by atoms with E-state index in [1.165, 1.54) is 6.07 Å². The lowest BCUT2D eigenvalue weighted by molar-refractivity contribution is -0.126. The van der Waals surface area contributed by atoms with Crippen molar-refractivity contribution in [3.63, 3.8) is 0 Å². The predicted octanol–water partition coefficient (Wildman–Crippen LogP) is 0.451. The third kappa shape index (κ3) is 4.37. The molecule has 88 valence electrons. The Kier molecular flexibility index (Phi) is 5.45. The van der Waals surface area contributed by atoms with Crippen molar-refractivity contribution in [2.24, 2.45) is 0 Å². The van der Waals surface area contributed by atoms with Crippen LogP contribution in [-0.4, -0.2) is 30.8 Å². The first-order valence-corrected chi connectivity index (χ1v) is 4.92. The Hall–Kier alpha value is -1.46. The van der Waals surface area contributed by atoms with Gasteiger partial charge < -0.3 is 15.2 Å². The van der Waals surface area contributed by atoms with Crippen molar-refractivity contribution in [1.82, 2.24) is 5.32 Å². The summed E-state index contributed by atoms with van der Waals surface area (Å²) in [6.45, 7) is -0.00326. The molecule has 1 aromatic rings. The van der Waals surface area contributed by atoms with E-state index in [0.29, 0.717) is 5.56 Å². The molecule has 0 aliphatic carbocycles. The van der Waals surface area contributed by atoms with Gasteiger partial charge in [-0.15, -0.1) is 0 Å². The highest BCUT2D eigenvalue weighted by molar-refractivity contribution is 5.77. The molecular formula is C11H14FNO3. The molecule has 0 aliphatic heterocycles. The first-order chi connectivity index (χ1) is 7.74. The van der Waals surface area contributed by atoms with E-state index in [2.05, 4.69) is 5.32 Å². The molecule has 5 heteroatoms. The summed E-state index contributed by atoms with van der Waals surface area (Å²) in [5.41, 5.74) is 0.429. The Morgan fingerprint density at radius 2 is 2.19 bits per heavy atom. The van der Waals surface area contributed by atoms with Crippen LogP contribution in [0.3, 0.4) is 0 Å². The third-order valence-electron chi connectivity index (χ3n) is 1.90. The van der Waals surface area contributed by atoms with E-state index >= 15 is 0 Å². The number of hydrogen-bond acceptors (Lipinski definition) is 3. The zero-order valence-electron chi connectivity index (χ0n) is 8.78. The molecule has 4 nitrogen and oxygen atoms in total. The van der Waals surface area contributed by atoms with Crippen LogP contribution >= 0.6 is 0 Å². The van der Waals surface area contributed by atoms with E-state index in [4.69, 9.17) is 9.84 Å². The second-order valence-corrected chi connectivity index (χ2v) is 3.14. The minimum Gasteiger partial charge on any atom is -0.394 e. The smallest absolute Gasteiger partial charge is 0.246 e. The van der Waals surface area contributed by atoms with Crippen molar-refractivity contribution in [2.75, 3.05) is 19.8 Å². The maximum atomic E-state index is 13.1. The van der Waals surface area contributed by atoms with Crippen LogP contribution in [0.4, 0.5) is 4.39 Å². The highest BCUT2D eigenvalue weighted by Gasteiger charge is 2.04. The molecule has 16 heavy (non-hydrogen) atoms. The number of aliphatic hydroxyl groups excluding tert-OH is 1. The van der Waals surface area contributed by atoms with E-state index in [9.17, 15) is 9.18 Å². The number of halogens is 1. The largest absolute Gasteiger partial charge is 0.394 e. The molecule has 0 fully saturated rings. The van der Waals surface area contributed by atoms with Crippen molar-refractivity contribution < 1.29 is 19.0 Å². The number of rotatable bonds is 6. The van der Waals surface area contributed by atoms with Crippen molar-refractivity contribution in [2.45, 2.75) is 6.54 Å². The Morgan fingerprint density at radius 3 is 2.88 bits per heavy atom. The number of carbonyl (C=O) groups is 1. The summed E-state index contributed by atoms with van der Waals surface area (Å²) in [6.07, 6.45) is 0. The minimum atomic E-state index is -0.348. The van der Waals surface area contributed by atoms with Crippen LogP contribution in [0, 0.1) is 5.82 Å². The van der Waals surface area contributed by atoms with Crippen LogP contribution < -0.4 is 5.32 Å². The van der Waals surface area contributed by atoms with Crippen LogP contribution in [0.15, 0.2) is 24.3 Å². The van der Waals surface area contributed by atoms with Gasteiger partial charge in [0.15, 0.2) is 0 Å². The van der Waals surface area contributed by atoms with Gasteiger partial charge in [0.25, 0.3) is 0 Å². The quantitative estimate of drug-likeness (QED) is 0.694. The van der Waals surface area contributed by atoms with Crippen molar-refractivity contribution in [3.8, 4) is 0 Å². The fourth-order valence-electron chi connectivity index (χ4n) is 1.12. The average Bonchev–Trinajstić information content (AvgIpc) is 2.28. The standard InChI is InChI=1S/C11H14FNO3/c12-10-4-2-1-3-9(10)7-13-11(15)8-16-6-5-14/h1-4,14H,5-8H2,(H,13,15). The van der Waals surface area contributed by atoms with Gasteiger partial charge in [-0.25, -0.2) is 4.39 Å². The molecule has 0 heterocycles. The topological polar surface area (TPSA) is 58.6 Å². The number of hydrogen-bond donors (Lipinski definition) is 2. The molecule has 0 saturated carbocycles. The Morgan fingerprint density at radius 1 is 1.44 bits per heavy atom. The first-order valence-electron chi connectivity index (χ1n) is 4.92. The van der Waals surface area contributed by atoms with Crippen LogP contribution in [-0.2, 0) is 16.1 Å². The number of ether oxygens (including phenoxy) is 1. The molecule has 0 atom stereocenters. The number of carbonyl (C=O) groups excluding carboxylic acids is 1. The summed E-state index contributed by atoms with van der Waals surface area (Å²) >= 11 is 0. The van der Waals surface area contributed by atoms with Crippen LogP contribution in [0.1, 0.15) is 5.56 Å². The van der Waals surface area contributed by atoms with E-state index in [-0.39, 0.29) is 38.1 Å². The van der Waals surface area contributed by atoms with Gasteiger partial charge in [-0.1, -0.05) is 18.2 Å². The lowest BCUT2D eigenvalue weighted by Crippen LogP contribution is -2.27. The predicted molar refractivity (Wildman–Crippen MR) is 56.2 cm³/mol. The summed E-state index contributed by atoms with van der Waals surface area (Å²) in [5.74, 6) is -0.684. The molecule has 0 unspecified atom stereocenters. The normalized spacial score (nSPS) is 10.1. The summed E-state index contributed by atoms with van der Waals surface area (Å²) in [7, 11) is 0. The fraction of sp³-hybridized carbons (Fsp3) is 0.364. The van der Waals surface area contributed by atoms with E-state index < -0.39 is 0 Å². The third-order valence-corrected chi connectivity index (χ3v) is 1.90. The van der Waals surface area contributed by atoms with E-state index in [1.807, 2.05) is 0 Å². The fourth-order valence-corrected chi connectivity index (χ4v) is 1.12. The second-order valence-electron chi connectivity index (χ2n) is 3.14. The number of amides is 1. The van der Waals surface area contributed by atoms with Gasteiger partial charge in [-0.05, 0) is 6.07 Å². The maximum Gasteiger partial charge on any atom is 0.246 e. The lowest BCUT2D eigenvalue weighted by Gasteiger charge is -2.06. The highest BCUT2D eigenvalue weighted by atomic mass is 19.1. The van der Waals surface area contributed by atoms with E-state index in [1.54, 1.807) is 18.2 Å². The summed E-state index contributed by atoms with van der Waals surface area (Å²) in [5, 5.41) is 10.9. The Bertz CT molecular complexity index is 344. The van der Waals surface area contributed by atoms with Crippen LogP contribution in [0.25, 0.3) is 0 Å². The molecular weight excluding hydrogens is 213 g/mol. The molecule has 0 aliphatic rings. The molecule has 1 rings (SSSR count). The highest BCUT2D eigenvalue weighted by Crippen LogP contribution is 2.05. The second kappa shape index (κ2) is 6.92. The van der Waals surface area contributed by atoms with E-state index in [0.717, 1.165) is 0 Å². The molecule has 0 radical (unpaired) electrons.